The van der Waals surface area contributed by atoms with Crippen LogP contribution >= 0.6 is 11.3 Å². The molecule has 0 saturated heterocycles. The molecule has 3 rings (SSSR count). The topological polar surface area (TPSA) is 49.4 Å². The third-order valence-electron chi connectivity index (χ3n) is 4.11. The molecular formula is C17H18N2O2S. The minimum Gasteiger partial charge on any atom is -0.342 e. The van der Waals surface area contributed by atoms with Crippen LogP contribution in [-0.4, -0.2) is 30.3 Å². The molecule has 1 aromatic carbocycles. The molecule has 22 heavy (non-hydrogen) atoms. The van der Waals surface area contributed by atoms with E-state index in [2.05, 4.69) is 17.4 Å². The second kappa shape index (κ2) is 6.32. The lowest BCUT2D eigenvalue weighted by molar-refractivity contribution is -0.131. The van der Waals surface area contributed by atoms with Crippen molar-refractivity contribution in [1.29, 1.82) is 0 Å². The Kier molecular flexibility index (Phi) is 4.24. The summed E-state index contributed by atoms with van der Waals surface area (Å²) in [7, 11) is 1.81. The maximum atomic E-state index is 12.3. The van der Waals surface area contributed by atoms with Gasteiger partial charge in [-0.2, -0.15) is 0 Å². The van der Waals surface area contributed by atoms with Crippen molar-refractivity contribution in [2.75, 3.05) is 13.6 Å². The Balaban J connectivity index is 1.60. The Hall–Kier alpha value is -2.14. The van der Waals surface area contributed by atoms with Crippen molar-refractivity contribution in [2.24, 2.45) is 0 Å². The fourth-order valence-electron chi connectivity index (χ4n) is 2.89. The summed E-state index contributed by atoms with van der Waals surface area (Å²) >= 11 is 1.37. The standard InChI is InChI=1S/C17H18N2O2S/c1-19(14-9-8-12-5-2-3-6-13(12)14)16(20)11-18-17(21)15-7-4-10-22-15/h2-7,10,14H,8-9,11H2,1H3,(H,18,21). The first-order valence-electron chi connectivity index (χ1n) is 7.32. The molecule has 0 aliphatic heterocycles. The van der Waals surface area contributed by atoms with Gasteiger partial charge in [0.2, 0.25) is 5.91 Å². The summed E-state index contributed by atoms with van der Waals surface area (Å²) in [5.74, 6) is -0.254. The molecule has 1 aromatic heterocycles. The lowest BCUT2D eigenvalue weighted by Crippen LogP contribution is -2.39. The molecule has 1 aliphatic carbocycles. The lowest BCUT2D eigenvalue weighted by atomic mass is 10.1. The summed E-state index contributed by atoms with van der Waals surface area (Å²) in [6, 6.07) is 11.9. The van der Waals surface area contributed by atoms with Crippen molar-refractivity contribution < 1.29 is 9.59 Å². The van der Waals surface area contributed by atoms with Crippen LogP contribution < -0.4 is 5.32 Å². The number of likely N-dealkylation sites (N-methyl/N-ethyl adjacent to an activating group) is 1. The summed E-state index contributed by atoms with van der Waals surface area (Å²) in [6.45, 7) is 0.0336. The first-order chi connectivity index (χ1) is 10.7. The number of aryl methyl sites for hydroxylation is 1. The molecule has 2 amide bonds. The molecule has 2 aromatic rings. The number of nitrogens with zero attached hydrogens (tertiary/aromatic N) is 1. The van der Waals surface area contributed by atoms with Crippen LogP contribution in [0.1, 0.15) is 33.3 Å². The van der Waals surface area contributed by atoms with E-state index in [1.807, 2.05) is 30.6 Å². The highest BCUT2D eigenvalue weighted by molar-refractivity contribution is 7.12. The van der Waals surface area contributed by atoms with Gasteiger partial charge in [0.25, 0.3) is 5.91 Å². The van der Waals surface area contributed by atoms with E-state index in [0.717, 1.165) is 12.8 Å². The summed E-state index contributed by atoms with van der Waals surface area (Å²) < 4.78 is 0. The molecule has 1 N–H and O–H groups in total. The molecule has 114 valence electrons. The van der Waals surface area contributed by atoms with Crippen LogP contribution in [0.4, 0.5) is 0 Å². The summed E-state index contributed by atoms with van der Waals surface area (Å²) in [4.78, 5) is 26.6. The Morgan fingerprint density at radius 1 is 1.27 bits per heavy atom. The summed E-state index contributed by atoms with van der Waals surface area (Å²) in [5.41, 5.74) is 2.54. The predicted molar refractivity (Wildman–Crippen MR) is 86.9 cm³/mol. The third kappa shape index (κ3) is 2.90. The van der Waals surface area contributed by atoms with E-state index >= 15 is 0 Å². The summed E-state index contributed by atoms with van der Waals surface area (Å²) in [6.07, 6.45) is 1.94. The average molecular weight is 314 g/mol. The lowest BCUT2D eigenvalue weighted by Gasteiger charge is -2.25. The molecule has 1 aliphatic rings. The molecule has 0 radical (unpaired) electrons. The van der Waals surface area contributed by atoms with Crippen molar-refractivity contribution in [3.8, 4) is 0 Å². The zero-order valence-electron chi connectivity index (χ0n) is 12.4. The molecule has 1 heterocycles. The van der Waals surface area contributed by atoms with Gasteiger partial charge in [0.1, 0.15) is 0 Å². The van der Waals surface area contributed by atoms with E-state index in [0.29, 0.717) is 4.88 Å². The van der Waals surface area contributed by atoms with Gasteiger partial charge in [-0.25, -0.2) is 0 Å². The van der Waals surface area contributed by atoms with Crippen molar-refractivity contribution in [3.05, 3.63) is 57.8 Å². The Bertz CT molecular complexity index is 682. The fraction of sp³-hybridized carbons (Fsp3) is 0.294. The van der Waals surface area contributed by atoms with Crippen LogP contribution in [0.25, 0.3) is 0 Å². The number of carbonyl (C=O) groups is 2. The number of rotatable bonds is 4. The van der Waals surface area contributed by atoms with Crippen molar-refractivity contribution >= 4 is 23.2 Å². The van der Waals surface area contributed by atoms with Gasteiger partial charge in [-0.3, -0.25) is 9.59 Å². The first kappa shape index (κ1) is 14.8. The highest BCUT2D eigenvalue weighted by atomic mass is 32.1. The van der Waals surface area contributed by atoms with Gasteiger partial charge >= 0.3 is 0 Å². The van der Waals surface area contributed by atoms with Gasteiger partial charge in [0.15, 0.2) is 0 Å². The van der Waals surface area contributed by atoms with Crippen molar-refractivity contribution in [2.45, 2.75) is 18.9 Å². The Morgan fingerprint density at radius 2 is 2.09 bits per heavy atom. The van der Waals surface area contributed by atoms with Crippen LogP contribution in [0.2, 0.25) is 0 Å². The quantitative estimate of drug-likeness (QED) is 0.943. The van der Waals surface area contributed by atoms with Gasteiger partial charge in [-0.05, 0) is 35.4 Å². The summed E-state index contributed by atoms with van der Waals surface area (Å²) in [5, 5.41) is 4.54. The third-order valence-corrected chi connectivity index (χ3v) is 4.98. The second-order valence-corrected chi connectivity index (χ2v) is 6.37. The maximum Gasteiger partial charge on any atom is 0.261 e. The van der Waals surface area contributed by atoms with Gasteiger partial charge in [0, 0.05) is 7.05 Å². The van der Waals surface area contributed by atoms with Crippen LogP contribution in [0.5, 0.6) is 0 Å². The predicted octanol–water partition coefficient (Wildman–Crippen LogP) is 2.62. The van der Waals surface area contributed by atoms with Crippen LogP contribution in [0.3, 0.4) is 0 Å². The highest BCUT2D eigenvalue weighted by Crippen LogP contribution is 2.34. The molecule has 1 atom stereocenters. The number of hydrogen-bond donors (Lipinski definition) is 1. The number of benzene rings is 1. The highest BCUT2D eigenvalue weighted by Gasteiger charge is 2.28. The van der Waals surface area contributed by atoms with E-state index in [-0.39, 0.29) is 24.4 Å². The van der Waals surface area contributed by atoms with Crippen molar-refractivity contribution in [1.82, 2.24) is 10.2 Å². The number of amides is 2. The van der Waals surface area contributed by atoms with Gasteiger partial charge in [-0.15, -0.1) is 11.3 Å². The largest absolute Gasteiger partial charge is 0.342 e. The monoisotopic (exact) mass is 314 g/mol. The fourth-order valence-corrected chi connectivity index (χ4v) is 3.53. The SMILES string of the molecule is CN(C(=O)CNC(=O)c1cccs1)C1CCc2ccccc21. The number of nitrogens with one attached hydrogen (secondary N) is 1. The normalized spacial score (nSPS) is 16.1. The maximum absolute atomic E-state index is 12.3. The van der Waals surface area contributed by atoms with E-state index in [4.69, 9.17) is 0 Å². The average Bonchev–Trinajstić information content (AvgIpc) is 3.20. The number of fused-ring (bicyclic) bond motifs is 1. The number of thiophene rings is 1. The molecular weight excluding hydrogens is 296 g/mol. The smallest absolute Gasteiger partial charge is 0.261 e. The number of hydrogen-bond acceptors (Lipinski definition) is 3. The zero-order chi connectivity index (χ0) is 15.5. The second-order valence-electron chi connectivity index (χ2n) is 5.42. The van der Waals surface area contributed by atoms with Gasteiger partial charge < -0.3 is 10.2 Å². The van der Waals surface area contributed by atoms with E-state index in [1.54, 1.807) is 11.0 Å². The molecule has 0 bridgehead atoms. The van der Waals surface area contributed by atoms with Crippen LogP contribution in [-0.2, 0) is 11.2 Å². The molecule has 5 heteroatoms. The molecule has 0 spiro atoms. The van der Waals surface area contributed by atoms with Gasteiger partial charge in [-0.1, -0.05) is 30.3 Å². The first-order valence-corrected chi connectivity index (χ1v) is 8.20. The van der Waals surface area contributed by atoms with E-state index in [1.165, 1.54) is 22.5 Å². The zero-order valence-corrected chi connectivity index (χ0v) is 13.2. The molecule has 1 unspecified atom stereocenters. The Labute approximate surface area is 133 Å². The van der Waals surface area contributed by atoms with Crippen molar-refractivity contribution in [3.63, 3.8) is 0 Å². The van der Waals surface area contributed by atoms with Crippen LogP contribution in [0, 0.1) is 0 Å². The number of carbonyl (C=O) groups excluding carboxylic acids is 2. The van der Waals surface area contributed by atoms with Crippen LogP contribution in [0.15, 0.2) is 41.8 Å². The van der Waals surface area contributed by atoms with E-state index < -0.39 is 0 Å². The van der Waals surface area contributed by atoms with Gasteiger partial charge in [0.05, 0.1) is 17.5 Å². The molecule has 4 nitrogen and oxygen atoms in total. The molecule has 0 fully saturated rings. The Morgan fingerprint density at radius 3 is 2.86 bits per heavy atom. The molecule has 0 saturated carbocycles. The minimum atomic E-state index is -0.191. The minimum absolute atomic E-state index is 0.0336. The van der Waals surface area contributed by atoms with E-state index in [9.17, 15) is 9.59 Å².